The maximum absolute atomic E-state index is 11.7. The quantitative estimate of drug-likeness (QED) is 0.648. The number of aryl methyl sites for hydroxylation is 1. The number of carbonyl (C=O) groups excluding carboxylic acids is 2. The Hall–Kier alpha value is -1.62. The molecule has 0 aromatic carbocycles. The molecule has 0 fully saturated rings. The molecule has 4 nitrogen and oxygen atoms in total. The van der Waals surface area contributed by atoms with Crippen molar-refractivity contribution in [2.75, 3.05) is 11.9 Å². The molecule has 0 bridgehead atoms. The largest absolute Gasteiger partial charge is 0.462 e. The number of ether oxygens (including phenoxy) is 1. The molecule has 0 aliphatic carbocycles. The van der Waals surface area contributed by atoms with E-state index in [0.717, 1.165) is 11.3 Å². The summed E-state index contributed by atoms with van der Waals surface area (Å²) in [4.78, 5) is 23.9. The van der Waals surface area contributed by atoms with Crippen molar-refractivity contribution in [3.05, 3.63) is 29.2 Å². The Balaban J connectivity index is 3.00. The van der Waals surface area contributed by atoms with E-state index in [-0.39, 0.29) is 5.91 Å². The first kappa shape index (κ1) is 13.4. The van der Waals surface area contributed by atoms with Crippen molar-refractivity contribution in [1.82, 2.24) is 0 Å². The zero-order chi connectivity index (χ0) is 12.8. The zero-order valence-corrected chi connectivity index (χ0v) is 10.7. The van der Waals surface area contributed by atoms with Crippen LogP contribution in [0, 0.1) is 0 Å². The molecule has 1 aromatic heterocycles. The Morgan fingerprint density at radius 1 is 1.53 bits per heavy atom. The number of amides is 1. The lowest BCUT2D eigenvalue weighted by Gasteiger charge is -2.03. The van der Waals surface area contributed by atoms with Gasteiger partial charge >= 0.3 is 5.97 Å². The van der Waals surface area contributed by atoms with Crippen molar-refractivity contribution in [2.45, 2.75) is 20.3 Å². The van der Waals surface area contributed by atoms with Gasteiger partial charge in [0.2, 0.25) is 5.91 Å². The van der Waals surface area contributed by atoms with Crippen LogP contribution >= 0.6 is 11.3 Å². The van der Waals surface area contributed by atoms with Gasteiger partial charge in [0.25, 0.3) is 0 Å². The Kier molecular flexibility index (Phi) is 4.90. The molecule has 1 amide bonds. The summed E-state index contributed by atoms with van der Waals surface area (Å²) in [7, 11) is 0. The van der Waals surface area contributed by atoms with E-state index in [1.807, 2.05) is 6.92 Å². The first-order valence-electron chi connectivity index (χ1n) is 5.35. The molecule has 5 heteroatoms. The van der Waals surface area contributed by atoms with E-state index in [1.54, 1.807) is 13.0 Å². The molecular formula is C12H15NO3S. The minimum Gasteiger partial charge on any atom is -0.462 e. The number of hydrogen-bond acceptors (Lipinski definition) is 4. The summed E-state index contributed by atoms with van der Waals surface area (Å²) in [6.07, 6.45) is 1.97. The molecule has 92 valence electrons. The highest BCUT2D eigenvalue weighted by atomic mass is 32.1. The van der Waals surface area contributed by atoms with E-state index in [2.05, 4.69) is 11.9 Å². The second-order valence-electron chi connectivity index (χ2n) is 3.22. The molecule has 0 aliphatic rings. The Bertz CT molecular complexity index is 437. The van der Waals surface area contributed by atoms with Gasteiger partial charge in [-0.15, -0.1) is 11.3 Å². The second kappa shape index (κ2) is 6.20. The highest BCUT2D eigenvalue weighted by Gasteiger charge is 2.17. The van der Waals surface area contributed by atoms with Crippen molar-refractivity contribution in [1.29, 1.82) is 0 Å². The fraction of sp³-hybridized carbons (Fsp3) is 0.333. The summed E-state index contributed by atoms with van der Waals surface area (Å²) < 4.78 is 4.93. The molecule has 0 atom stereocenters. The summed E-state index contributed by atoms with van der Waals surface area (Å²) in [6, 6.07) is 1.75. The third kappa shape index (κ3) is 3.42. The van der Waals surface area contributed by atoms with Gasteiger partial charge in [0.1, 0.15) is 5.00 Å². The molecule has 1 N–H and O–H groups in total. The number of carbonyl (C=O) groups is 2. The lowest BCUT2D eigenvalue weighted by Crippen LogP contribution is -2.11. The molecular weight excluding hydrogens is 238 g/mol. The Morgan fingerprint density at radius 3 is 2.76 bits per heavy atom. The maximum atomic E-state index is 11.7. The molecule has 0 saturated carbocycles. The zero-order valence-electron chi connectivity index (χ0n) is 9.91. The van der Waals surface area contributed by atoms with E-state index >= 15 is 0 Å². The molecule has 1 aromatic rings. The molecule has 0 unspecified atom stereocenters. The van der Waals surface area contributed by atoms with Crippen LogP contribution < -0.4 is 5.32 Å². The van der Waals surface area contributed by atoms with E-state index in [1.165, 1.54) is 17.4 Å². The van der Waals surface area contributed by atoms with Crippen LogP contribution in [0.3, 0.4) is 0 Å². The second-order valence-corrected chi connectivity index (χ2v) is 4.36. The van der Waals surface area contributed by atoms with E-state index in [4.69, 9.17) is 4.74 Å². The van der Waals surface area contributed by atoms with Gasteiger partial charge in [0, 0.05) is 4.88 Å². The highest BCUT2D eigenvalue weighted by Crippen LogP contribution is 2.29. The van der Waals surface area contributed by atoms with Crippen LogP contribution in [0.1, 0.15) is 29.1 Å². The third-order valence-electron chi connectivity index (χ3n) is 2.05. The number of anilines is 1. The van der Waals surface area contributed by atoms with Gasteiger partial charge in [0.15, 0.2) is 0 Å². The Morgan fingerprint density at radius 2 is 2.24 bits per heavy atom. The average Bonchev–Trinajstić information content (AvgIpc) is 2.72. The van der Waals surface area contributed by atoms with Gasteiger partial charge in [-0.05, 0) is 25.5 Å². The van der Waals surface area contributed by atoms with Crippen molar-refractivity contribution in [3.8, 4) is 0 Å². The topological polar surface area (TPSA) is 55.4 Å². The van der Waals surface area contributed by atoms with Crippen LogP contribution in [0.2, 0.25) is 0 Å². The first-order valence-corrected chi connectivity index (χ1v) is 6.17. The predicted molar refractivity (Wildman–Crippen MR) is 68.5 cm³/mol. The van der Waals surface area contributed by atoms with Crippen molar-refractivity contribution in [2.24, 2.45) is 0 Å². The van der Waals surface area contributed by atoms with Crippen LogP contribution in [0.25, 0.3) is 0 Å². The number of rotatable bonds is 5. The molecule has 0 saturated heterocycles. The minimum absolute atomic E-state index is 0.310. The van der Waals surface area contributed by atoms with Crippen LogP contribution in [-0.2, 0) is 16.0 Å². The van der Waals surface area contributed by atoms with Crippen LogP contribution in [-0.4, -0.2) is 18.5 Å². The third-order valence-corrected chi connectivity index (χ3v) is 3.24. The summed E-state index contributed by atoms with van der Waals surface area (Å²) in [5.41, 5.74) is 0.406. The van der Waals surface area contributed by atoms with Crippen molar-refractivity contribution in [3.63, 3.8) is 0 Å². The molecule has 1 rings (SSSR count). The normalized spacial score (nSPS) is 9.76. The fourth-order valence-corrected chi connectivity index (χ4v) is 2.22. The monoisotopic (exact) mass is 253 g/mol. The SMILES string of the molecule is C=CC(=O)Nc1sc(CC)cc1C(=O)OCC. The fourth-order valence-electron chi connectivity index (χ4n) is 1.23. The summed E-state index contributed by atoms with van der Waals surface area (Å²) in [6.45, 7) is 7.41. The van der Waals surface area contributed by atoms with E-state index in [0.29, 0.717) is 17.2 Å². The first-order chi connectivity index (χ1) is 8.12. The molecule has 1 heterocycles. The Labute approximate surface area is 104 Å². The van der Waals surface area contributed by atoms with Crippen molar-refractivity contribution < 1.29 is 14.3 Å². The van der Waals surface area contributed by atoms with Gasteiger partial charge in [-0.1, -0.05) is 13.5 Å². The summed E-state index contributed by atoms with van der Waals surface area (Å²) >= 11 is 1.38. The van der Waals surface area contributed by atoms with E-state index in [9.17, 15) is 9.59 Å². The summed E-state index contributed by atoms with van der Waals surface area (Å²) in [5.74, 6) is -0.747. The smallest absolute Gasteiger partial charge is 0.341 e. The molecule has 0 spiro atoms. The predicted octanol–water partition coefficient (Wildman–Crippen LogP) is 2.61. The lowest BCUT2D eigenvalue weighted by atomic mass is 10.2. The highest BCUT2D eigenvalue weighted by molar-refractivity contribution is 7.16. The maximum Gasteiger partial charge on any atom is 0.341 e. The van der Waals surface area contributed by atoms with Gasteiger partial charge in [-0.25, -0.2) is 4.79 Å². The van der Waals surface area contributed by atoms with Gasteiger partial charge in [0.05, 0.1) is 12.2 Å². The number of esters is 1. The molecule has 17 heavy (non-hydrogen) atoms. The summed E-state index contributed by atoms with van der Waals surface area (Å²) in [5, 5.41) is 3.13. The molecule has 0 radical (unpaired) electrons. The van der Waals surface area contributed by atoms with Gasteiger partial charge in [-0.2, -0.15) is 0 Å². The van der Waals surface area contributed by atoms with Gasteiger partial charge in [-0.3, -0.25) is 4.79 Å². The van der Waals surface area contributed by atoms with Gasteiger partial charge < -0.3 is 10.1 Å². The minimum atomic E-state index is -0.414. The number of thiophene rings is 1. The van der Waals surface area contributed by atoms with Crippen LogP contribution in [0.5, 0.6) is 0 Å². The lowest BCUT2D eigenvalue weighted by molar-refractivity contribution is -0.111. The van der Waals surface area contributed by atoms with Crippen molar-refractivity contribution >= 4 is 28.2 Å². The standard InChI is InChI=1S/C12H15NO3S/c1-4-8-7-9(12(15)16-6-3)11(17-8)13-10(14)5-2/h5,7H,2,4,6H2,1,3H3,(H,13,14). The van der Waals surface area contributed by atoms with Crippen LogP contribution in [0.4, 0.5) is 5.00 Å². The van der Waals surface area contributed by atoms with E-state index < -0.39 is 5.97 Å². The average molecular weight is 253 g/mol. The number of hydrogen-bond donors (Lipinski definition) is 1. The van der Waals surface area contributed by atoms with Crippen LogP contribution in [0.15, 0.2) is 18.7 Å². The number of nitrogens with one attached hydrogen (secondary N) is 1. The molecule has 0 aliphatic heterocycles.